The summed E-state index contributed by atoms with van der Waals surface area (Å²) in [7, 11) is 0. The third kappa shape index (κ3) is 3.70. The number of rotatable bonds is 2. The molecule has 0 heterocycles. The molecular formula is C4H5ClO. The Morgan fingerprint density at radius 1 is 1.67 bits per heavy atom. The van der Waals surface area contributed by atoms with E-state index in [4.69, 9.17) is 11.6 Å². The Morgan fingerprint density at radius 3 is 2.50 bits per heavy atom. The highest BCUT2D eigenvalue weighted by molar-refractivity contribution is 6.25. The molecule has 0 aromatic carbocycles. The van der Waals surface area contributed by atoms with Crippen molar-refractivity contribution >= 4 is 17.9 Å². The van der Waals surface area contributed by atoms with Crippen LogP contribution in [-0.2, 0) is 4.79 Å². The highest BCUT2D eigenvalue weighted by Crippen LogP contribution is 1.78. The van der Waals surface area contributed by atoms with E-state index in [1.54, 1.807) is 6.08 Å². The van der Waals surface area contributed by atoms with Gasteiger partial charge >= 0.3 is 0 Å². The molecule has 0 unspecified atom stereocenters. The first kappa shape index (κ1) is 5.70. The number of hydrogen-bond donors (Lipinski definition) is 0. The van der Waals surface area contributed by atoms with E-state index in [9.17, 15) is 4.79 Å². The van der Waals surface area contributed by atoms with Crippen molar-refractivity contribution in [2.45, 2.75) is 6.42 Å². The van der Waals surface area contributed by atoms with Gasteiger partial charge in [-0.1, -0.05) is 17.7 Å². The summed E-state index contributed by atoms with van der Waals surface area (Å²) >= 11 is 5.04. The lowest BCUT2D eigenvalue weighted by Crippen LogP contribution is -1.60. The largest absolute Gasteiger partial charge is 0.303 e. The van der Waals surface area contributed by atoms with Crippen molar-refractivity contribution in [1.82, 2.24) is 0 Å². The lowest BCUT2D eigenvalue weighted by molar-refractivity contribution is -0.107. The maximum Gasteiger partial charge on any atom is 0.123 e. The van der Waals surface area contributed by atoms with Gasteiger partial charge in [0.05, 0.1) is 0 Å². The summed E-state index contributed by atoms with van der Waals surface area (Å²) in [6, 6.07) is 0. The van der Waals surface area contributed by atoms with E-state index in [-0.39, 0.29) is 0 Å². The van der Waals surface area contributed by atoms with Crippen LogP contribution in [0.3, 0.4) is 0 Å². The van der Waals surface area contributed by atoms with Crippen LogP contribution in [0.15, 0.2) is 11.6 Å². The summed E-state index contributed by atoms with van der Waals surface area (Å²) in [5.41, 5.74) is 1.33. The molecule has 0 rings (SSSR count). The first-order valence-electron chi connectivity index (χ1n) is 1.60. The van der Waals surface area contributed by atoms with Crippen LogP contribution < -0.4 is 0 Å². The van der Waals surface area contributed by atoms with E-state index < -0.39 is 0 Å². The van der Waals surface area contributed by atoms with E-state index in [0.29, 0.717) is 6.42 Å². The molecule has 6 heavy (non-hydrogen) atoms. The van der Waals surface area contributed by atoms with E-state index in [1.165, 1.54) is 5.54 Å². The maximum absolute atomic E-state index is 9.45. The molecule has 0 aromatic rings. The fraction of sp³-hybridized carbons (Fsp3) is 0.250. The summed E-state index contributed by atoms with van der Waals surface area (Å²) in [4.78, 5) is 9.45. The molecule has 2 heteroatoms. The third-order valence-corrected chi connectivity index (χ3v) is 0.500. The van der Waals surface area contributed by atoms with E-state index in [0.717, 1.165) is 6.29 Å². The average molecular weight is 105 g/mol. The van der Waals surface area contributed by atoms with Crippen molar-refractivity contribution in [1.29, 1.82) is 0 Å². The minimum absolute atomic E-state index is 0.420. The van der Waals surface area contributed by atoms with Gasteiger partial charge in [-0.25, -0.2) is 0 Å². The van der Waals surface area contributed by atoms with Crippen molar-refractivity contribution < 1.29 is 4.79 Å². The van der Waals surface area contributed by atoms with E-state index >= 15 is 0 Å². The molecule has 0 aromatic heterocycles. The fourth-order valence-electron chi connectivity index (χ4n) is 0.107. The van der Waals surface area contributed by atoms with Gasteiger partial charge in [0.1, 0.15) is 6.29 Å². The molecule has 0 radical (unpaired) electrons. The summed E-state index contributed by atoms with van der Waals surface area (Å²) in [5, 5.41) is 0. The van der Waals surface area contributed by atoms with Gasteiger partial charge in [-0.2, -0.15) is 0 Å². The Hall–Kier alpha value is -0.300. The molecule has 0 bridgehead atoms. The lowest BCUT2D eigenvalue weighted by atomic mass is 10.5. The van der Waals surface area contributed by atoms with Crippen LogP contribution in [0.2, 0.25) is 0 Å². The van der Waals surface area contributed by atoms with E-state index in [1.807, 2.05) is 0 Å². The lowest BCUT2D eigenvalue weighted by Gasteiger charge is -1.64. The van der Waals surface area contributed by atoms with Crippen LogP contribution in [-0.4, -0.2) is 6.29 Å². The number of carbonyl (C=O) groups excluding carboxylic acids is 1. The van der Waals surface area contributed by atoms with Crippen LogP contribution >= 0.6 is 11.6 Å². The number of carbonyl (C=O) groups is 1. The molecule has 0 aliphatic rings. The number of hydrogen-bond acceptors (Lipinski definition) is 1. The molecule has 0 aliphatic carbocycles. The zero-order valence-corrected chi connectivity index (χ0v) is 3.98. The Labute approximate surface area is 41.6 Å². The predicted octanol–water partition coefficient (Wildman–Crippen LogP) is 1.33. The zero-order valence-electron chi connectivity index (χ0n) is 3.23. The van der Waals surface area contributed by atoms with Crippen LogP contribution in [0.4, 0.5) is 0 Å². The zero-order chi connectivity index (χ0) is 4.83. The van der Waals surface area contributed by atoms with Gasteiger partial charge in [-0.3, -0.25) is 0 Å². The Balaban J connectivity index is 2.85. The molecule has 0 N–H and O–H groups in total. The molecule has 0 amide bonds. The van der Waals surface area contributed by atoms with Crippen LogP contribution in [0.25, 0.3) is 0 Å². The minimum Gasteiger partial charge on any atom is -0.303 e. The van der Waals surface area contributed by atoms with Crippen molar-refractivity contribution in [3.63, 3.8) is 0 Å². The highest BCUT2D eigenvalue weighted by Gasteiger charge is 1.64. The first-order valence-corrected chi connectivity index (χ1v) is 2.04. The minimum atomic E-state index is 0.420. The van der Waals surface area contributed by atoms with Crippen molar-refractivity contribution in [2.75, 3.05) is 0 Å². The van der Waals surface area contributed by atoms with E-state index in [2.05, 4.69) is 0 Å². The summed E-state index contributed by atoms with van der Waals surface area (Å²) in [5.74, 6) is 0. The Morgan fingerprint density at radius 2 is 2.33 bits per heavy atom. The van der Waals surface area contributed by atoms with Crippen molar-refractivity contribution in [3.8, 4) is 0 Å². The van der Waals surface area contributed by atoms with Crippen LogP contribution in [0, 0.1) is 0 Å². The monoisotopic (exact) mass is 104 g/mol. The normalized spacial score (nSPS) is 9.50. The van der Waals surface area contributed by atoms with Gasteiger partial charge < -0.3 is 4.79 Å². The summed E-state index contributed by atoms with van der Waals surface area (Å²) in [6.45, 7) is 0. The molecule has 0 aliphatic heterocycles. The Bertz CT molecular complexity index is 58.6. The second-order valence-corrected chi connectivity index (χ2v) is 1.02. The first-order chi connectivity index (χ1) is 2.91. The van der Waals surface area contributed by atoms with Crippen LogP contribution in [0.1, 0.15) is 6.42 Å². The molecule has 1 nitrogen and oxygen atoms in total. The maximum atomic E-state index is 9.45. The topological polar surface area (TPSA) is 17.1 Å². The van der Waals surface area contributed by atoms with Gasteiger partial charge in [0, 0.05) is 12.0 Å². The Kier molecular flexibility index (Phi) is 4.47. The molecule has 0 saturated heterocycles. The number of halogens is 1. The highest BCUT2D eigenvalue weighted by atomic mass is 35.5. The summed E-state index contributed by atoms with van der Waals surface area (Å²) < 4.78 is 0. The van der Waals surface area contributed by atoms with Gasteiger partial charge in [-0.05, 0) is 0 Å². The standard InChI is InChI=1S/C4H5ClO/c5-3-1-2-4-6/h1,3-4H,2H2/b3-1+. The third-order valence-electron chi connectivity index (χ3n) is 0.321. The van der Waals surface area contributed by atoms with Gasteiger partial charge in [0.25, 0.3) is 0 Å². The van der Waals surface area contributed by atoms with Crippen molar-refractivity contribution in [3.05, 3.63) is 11.6 Å². The molecule has 0 atom stereocenters. The fourth-order valence-corrected chi connectivity index (χ4v) is 0.210. The average Bonchev–Trinajstić information content (AvgIpc) is 1.61. The second kappa shape index (κ2) is 4.70. The molecule has 0 fully saturated rings. The van der Waals surface area contributed by atoms with Gasteiger partial charge in [-0.15, -0.1) is 0 Å². The number of aldehydes is 1. The van der Waals surface area contributed by atoms with Crippen molar-refractivity contribution in [2.24, 2.45) is 0 Å². The predicted molar refractivity (Wildman–Crippen MR) is 25.7 cm³/mol. The molecule has 0 saturated carbocycles. The smallest absolute Gasteiger partial charge is 0.123 e. The quantitative estimate of drug-likeness (QED) is 0.483. The second-order valence-electron chi connectivity index (χ2n) is 0.764. The van der Waals surface area contributed by atoms with Gasteiger partial charge in [0.2, 0.25) is 0 Å². The number of allylic oxidation sites excluding steroid dienone is 1. The van der Waals surface area contributed by atoms with Crippen LogP contribution in [0.5, 0.6) is 0 Å². The SMILES string of the molecule is O=CC/C=C/Cl. The molecule has 0 spiro atoms. The molecular weight excluding hydrogens is 99.5 g/mol. The summed E-state index contributed by atoms with van der Waals surface area (Å²) in [6.07, 6.45) is 2.79. The molecule has 34 valence electrons. The van der Waals surface area contributed by atoms with Gasteiger partial charge in [0.15, 0.2) is 0 Å².